The highest BCUT2D eigenvalue weighted by Crippen LogP contribution is 2.16. The van der Waals surface area contributed by atoms with Gasteiger partial charge in [0.15, 0.2) is 5.96 Å². The minimum absolute atomic E-state index is 0. The van der Waals surface area contributed by atoms with Gasteiger partial charge >= 0.3 is 0 Å². The fraction of sp³-hybridized carbons (Fsp3) is 0.750. The van der Waals surface area contributed by atoms with E-state index in [1.165, 1.54) is 4.88 Å². The molecule has 24 heavy (non-hydrogen) atoms. The van der Waals surface area contributed by atoms with E-state index < -0.39 is 0 Å². The van der Waals surface area contributed by atoms with Crippen LogP contribution >= 0.6 is 35.3 Å². The zero-order valence-electron chi connectivity index (χ0n) is 15.5. The van der Waals surface area contributed by atoms with Crippen LogP contribution in [0, 0.1) is 13.8 Å². The van der Waals surface area contributed by atoms with E-state index in [1.54, 1.807) is 18.4 Å². The summed E-state index contributed by atoms with van der Waals surface area (Å²) in [6.07, 6.45) is 1.07. The van der Waals surface area contributed by atoms with E-state index in [2.05, 4.69) is 46.4 Å². The van der Waals surface area contributed by atoms with Gasteiger partial charge in [-0.25, -0.2) is 9.98 Å². The zero-order valence-corrected chi connectivity index (χ0v) is 18.7. The van der Waals surface area contributed by atoms with Crippen LogP contribution in [0.25, 0.3) is 0 Å². The van der Waals surface area contributed by atoms with Gasteiger partial charge in [-0.3, -0.25) is 0 Å². The lowest BCUT2D eigenvalue weighted by molar-refractivity contribution is 0.161. The molecule has 1 aromatic rings. The molecule has 1 rings (SSSR count). The second-order valence-corrected chi connectivity index (χ2v) is 6.81. The van der Waals surface area contributed by atoms with E-state index >= 15 is 0 Å². The first-order chi connectivity index (χ1) is 11.1. The van der Waals surface area contributed by atoms with Crippen LogP contribution in [0.5, 0.6) is 0 Å². The monoisotopic (exact) mass is 469 g/mol. The molecule has 0 saturated heterocycles. The summed E-state index contributed by atoms with van der Waals surface area (Å²) in [6.45, 7) is 11.4. The van der Waals surface area contributed by atoms with Crippen LogP contribution in [0.4, 0.5) is 0 Å². The maximum Gasteiger partial charge on any atom is 0.191 e. The molecule has 0 saturated carbocycles. The molecule has 140 valence electrons. The number of nitrogens with one attached hydrogen (secondary N) is 2. The van der Waals surface area contributed by atoms with Crippen molar-refractivity contribution in [3.05, 3.63) is 15.6 Å². The van der Waals surface area contributed by atoms with Crippen molar-refractivity contribution in [1.29, 1.82) is 0 Å². The Hall–Kier alpha value is -0.450. The molecule has 0 aliphatic rings. The van der Waals surface area contributed by atoms with Gasteiger partial charge in [0.25, 0.3) is 0 Å². The largest absolute Gasteiger partial charge is 0.383 e. The standard InChI is InChI=1S/C16H31N5OS.HI/c1-6-17-16(18-8-7-9-21(4)10-11-22-5)19-12-15-20-13(2)14(3)23-15;/h6-12H2,1-5H3,(H2,17,18,19);1H. The molecule has 1 heterocycles. The Morgan fingerprint density at radius 1 is 1.29 bits per heavy atom. The number of aryl methyl sites for hydroxylation is 2. The van der Waals surface area contributed by atoms with Crippen molar-refractivity contribution in [2.24, 2.45) is 4.99 Å². The van der Waals surface area contributed by atoms with Gasteiger partial charge in [0.05, 0.1) is 18.8 Å². The van der Waals surface area contributed by atoms with Crippen LogP contribution in [-0.2, 0) is 11.3 Å². The summed E-state index contributed by atoms with van der Waals surface area (Å²) in [5.74, 6) is 0.859. The number of ether oxygens (including phenoxy) is 1. The normalized spacial score (nSPS) is 11.5. The van der Waals surface area contributed by atoms with Gasteiger partial charge in [-0.1, -0.05) is 0 Å². The fourth-order valence-corrected chi connectivity index (χ4v) is 2.87. The van der Waals surface area contributed by atoms with E-state index in [0.717, 1.165) is 55.9 Å². The first kappa shape index (κ1) is 23.5. The topological polar surface area (TPSA) is 61.8 Å². The van der Waals surface area contributed by atoms with Gasteiger partial charge in [-0.2, -0.15) is 0 Å². The molecule has 0 aliphatic heterocycles. The van der Waals surface area contributed by atoms with Crippen molar-refractivity contribution in [3.8, 4) is 0 Å². The Labute approximate surface area is 167 Å². The van der Waals surface area contributed by atoms with Crippen molar-refractivity contribution in [2.75, 3.05) is 46.9 Å². The number of hydrogen-bond acceptors (Lipinski definition) is 5. The molecular formula is C16H32IN5OS. The molecule has 0 fully saturated rings. The molecule has 1 aromatic heterocycles. The average Bonchev–Trinajstić information content (AvgIpc) is 2.85. The van der Waals surface area contributed by atoms with Crippen LogP contribution in [0.1, 0.15) is 28.9 Å². The smallest absolute Gasteiger partial charge is 0.191 e. The number of nitrogens with zero attached hydrogens (tertiary/aromatic N) is 3. The van der Waals surface area contributed by atoms with Crippen LogP contribution in [0.15, 0.2) is 4.99 Å². The van der Waals surface area contributed by atoms with Crippen molar-refractivity contribution in [1.82, 2.24) is 20.5 Å². The molecule has 0 unspecified atom stereocenters. The minimum atomic E-state index is 0. The maximum atomic E-state index is 5.08. The van der Waals surface area contributed by atoms with E-state index in [1.807, 2.05) is 6.92 Å². The Bertz CT molecular complexity index is 462. The number of rotatable bonds is 10. The number of aliphatic imine (C=N–C) groups is 1. The third-order valence-electron chi connectivity index (χ3n) is 3.48. The Morgan fingerprint density at radius 2 is 2.04 bits per heavy atom. The predicted molar refractivity (Wildman–Crippen MR) is 114 cm³/mol. The number of thiazole rings is 1. The van der Waals surface area contributed by atoms with Crippen LogP contribution in [0.3, 0.4) is 0 Å². The molecule has 8 heteroatoms. The van der Waals surface area contributed by atoms with Gasteiger partial charge in [-0.05, 0) is 40.8 Å². The Balaban J connectivity index is 0.00000529. The summed E-state index contributed by atoms with van der Waals surface area (Å²) in [7, 11) is 3.85. The average molecular weight is 469 g/mol. The number of guanidine groups is 1. The third-order valence-corrected chi connectivity index (χ3v) is 4.53. The van der Waals surface area contributed by atoms with Gasteiger partial charge in [0.1, 0.15) is 5.01 Å². The molecule has 0 amide bonds. The summed E-state index contributed by atoms with van der Waals surface area (Å²) >= 11 is 1.72. The van der Waals surface area contributed by atoms with Crippen molar-refractivity contribution in [3.63, 3.8) is 0 Å². The van der Waals surface area contributed by atoms with Gasteiger partial charge in [0, 0.05) is 31.6 Å². The van der Waals surface area contributed by atoms with Gasteiger partial charge in [-0.15, -0.1) is 35.3 Å². The second kappa shape index (κ2) is 13.8. The summed E-state index contributed by atoms with van der Waals surface area (Å²) in [6, 6.07) is 0. The fourth-order valence-electron chi connectivity index (χ4n) is 2.01. The molecular weight excluding hydrogens is 437 g/mol. The summed E-state index contributed by atoms with van der Waals surface area (Å²) < 4.78 is 5.08. The quantitative estimate of drug-likeness (QED) is 0.239. The second-order valence-electron chi connectivity index (χ2n) is 5.52. The van der Waals surface area contributed by atoms with Crippen molar-refractivity contribution >= 4 is 41.3 Å². The SMILES string of the molecule is CCNC(=NCc1nc(C)c(C)s1)NCCCN(C)CCOC.I. The minimum Gasteiger partial charge on any atom is -0.383 e. The first-order valence-corrected chi connectivity index (χ1v) is 9.01. The van der Waals surface area contributed by atoms with Crippen molar-refractivity contribution < 1.29 is 4.74 Å². The van der Waals surface area contributed by atoms with E-state index in [-0.39, 0.29) is 24.0 Å². The molecule has 6 nitrogen and oxygen atoms in total. The molecule has 0 radical (unpaired) electrons. The lowest BCUT2D eigenvalue weighted by Crippen LogP contribution is -2.38. The zero-order chi connectivity index (χ0) is 17.1. The molecule has 0 aromatic carbocycles. The van der Waals surface area contributed by atoms with E-state index in [0.29, 0.717) is 6.54 Å². The highest BCUT2D eigenvalue weighted by molar-refractivity contribution is 14.0. The first-order valence-electron chi connectivity index (χ1n) is 8.19. The molecule has 0 bridgehead atoms. The molecule has 2 N–H and O–H groups in total. The Morgan fingerprint density at radius 3 is 2.62 bits per heavy atom. The number of likely N-dealkylation sites (N-methyl/N-ethyl adjacent to an activating group) is 1. The summed E-state index contributed by atoms with van der Waals surface area (Å²) in [4.78, 5) is 12.7. The van der Waals surface area contributed by atoms with Crippen molar-refractivity contribution in [2.45, 2.75) is 33.7 Å². The maximum absolute atomic E-state index is 5.08. The van der Waals surface area contributed by atoms with Gasteiger partial charge < -0.3 is 20.3 Å². The molecule has 0 atom stereocenters. The number of hydrogen-bond donors (Lipinski definition) is 2. The van der Waals surface area contributed by atoms with Gasteiger partial charge in [0.2, 0.25) is 0 Å². The number of aromatic nitrogens is 1. The lowest BCUT2D eigenvalue weighted by Gasteiger charge is -2.16. The van der Waals surface area contributed by atoms with Crippen LogP contribution < -0.4 is 10.6 Å². The lowest BCUT2D eigenvalue weighted by atomic mass is 10.4. The number of methoxy groups -OCH3 is 1. The van der Waals surface area contributed by atoms with E-state index in [4.69, 9.17) is 4.74 Å². The third kappa shape index (κ3) is 9.75. The van der Waals surface area contributed by atoms with Crippen LogP contribution in [-0.4, -0.2) is 62.8 Å². The summed E-state index contributed by atoms with van der Waals surface area (Å²) in [5, 5.41) is 7.73. The highest BCUT2D eigenvalue weighted by atomic mass is 127. The number of halogens is 1. The molecule has 0 aliphatic carbocycles. The Kier molecular flexibility index (Phi) is 13.5. The highest BCUT2D eigenvalue weighted by Gasteiger charge is 2.04. The van der Waals surface area contributed by atoms with E-state index in [9.17, 15) is 0 Å². The predicted octanol–water partition coefficient (Wildman–Crippen LogP) is 2.40. The summed E-state index contributed by atoms with van der Waals surface area (Å²) in [5.41, 5.74) is 1.11. The van der Waals surface area contributed by atoms with Crippen LogP contribution in [0.2, 0.25) is 0 Å². The molecule has 0 spiro atoms.